The van der Waals surface area contributed by atoms with E-state index in [9.17, 15) is 9.59 Å². The number of aromatic nitrogens is 3. The fraction of sp³-hybridized carbons (Fsp3) is 0.273. The summed E-state index contributed by atoms with van der Waals surface area (Å²) in [5.41, 5.74) is 1.90. The number of likely N-dealkylation sites (tertiary alicyclic amines) is 1. The highest BCUT2D eigenvalue weighted by Gasteiger charge is 2.33. The van der Waals surface area contributed by atoms with Gasteiger partial charge in [0.15, 0.2) is 17.2 Å². The fourth-order valence-corrected chi connectivity index (χ4v) is 3.54. The van der Waals surface area contributed by atoms with Gasteiger partial charge in [-0.3, -0.25) is 4.79 Å². The zero-order valence-electron chi connectivity index (χ0n) is 17.2. The Balaban J connectivity index is 1.12. The van der Waals surface area contributed by atoms with E-state index in [-0.39, 0.29) is 23.7 Å². The molecular formula is C22H22N6O4. The Hall–Kier alpha value is -4.08. The smallest absolute Gasteiger partial charge is 0.321 e. The molecule has 2 aromatic carbocycles. The van der Waals surface area contributed by atoms with Crippen molar-refractivity contribution in [2.24, 2.45) is 0 Å². The van der Waals surface area contributed by atoms with E-state index < -0.39 is 0 Å². The zero-order valence-corrected chi connectivity index (χ0v) is 17.2. The summed E-state index contributed by atoms with van der Waals surface area (Å²) in [4.78, 5) is 26.5. The van der Waals surface area contributed by atoms with E-state index >= 15 is 0 Å². The summed E-state index contributed by atoms with van der Waals surface area (Å²) in [6, 6.07) is 14.7. The largest absolute Gasteiger partial charge is 0.486 e. The number of benzene rings is 2. The highest BCUT2D eigenvalue weighted by molar-refractivity contribution is 5.92. The van der Waals surface area contributed by atoms with Crippen molar-refractivity contribution in [2.75, 3.05) is 31.6 Å². The normalized spacial score (nSPS) is 15.1. The van der Waals surface area contributed by atoms with Gasteiger partial charge in [-0.2, -0.15) is 0 Å². The van der Waals surface area contributed by atoms with Crippen LogP contribution >= 0.6 is 0 Å². The summed E-state index contributed by atoms with van der Waals surface area (Å²) in [7, 11) is 0. The van der Waals surface area contributed by atoms with E-state index in [4.69, 9.17) is 9.47 Å². The van der Waals surface area contributed by atoms with Crippen molar-refractivity contribution < 1.29 is 19.1 Å². The number of carbonyl (C=O) groups is 2. The molecule has 0 atom stereocenters. The number of nitrogens with zero attached hydrogens (tertiary/aromatic N) is 4. The molecule has 0 radical (unpaired) electrons. The number of carbonyl (C=O) groups excluding carboxylic acids is 2. The third kappa shape index (κ3) is 4.20. The Morgan fingerprint density at radius 2 is 1.81 bits per heavy atom. The molecule has 3 amide bonds. The number of urea groups is 1. The summed E-state index contributed by atoms with van der Waals surface area (Å²) in [5.74, 6) is 1.01. The van der Waals surface area contributed by atoms with Crippen molar-refractivity contribution >= 4 is 17.6 Å². The molecule has 5 rings (SSSR count). The minimum atomic E-state index is -0.285. The van der Waals surface area contributed by atoms with Crippen LogP contribution in [-0.4, -0.2) is 58.1 Å². The monoisotopic (exact) mass is 434 g/mol. The van der Waals surface area contributed by atoms with Gasteiger partial charge in [-0.1, -0.05) is 35.5 Å². The van der Waals surface area contributed by atoms with E-state index in [0.29, 0.717) is 50.0 Å². The SMILES string of the molecule is O=C(NCc1ccccc1)c1cn(C2CN(C(=O)Nc3ccc4c(c3)OCCO4)C2)nn1. The van der Waals surface area contributed by atoms with Gasteiger partial charge in [0, 0.05) is 31.4 Å². The van der Waals surface area contributed by atoms with Crippen LogP contribution in [0.15, 0.2) is 54.7 Å². The van der Waals surface area contributed by atoms with E-state index in [1.807, 2.05) is 30.3 Å². The highest BCUT2D eigenvalue weighted by atomic mass is 16.6. The second kappa shape index (κ2) is 8.58. The molecular weight excluding hydrogens is 412 g/mol. The van der Waals surface area contributed by atoms with Crippen molar-refractivity contribution in [2.45, 2.75) is 12.6 Å². The average molecular weight is 434 g/mol. The molecule has 2 N–H and O–H groups in total. The van der Waals surface area contributed by atoms with Crippen LogP contribution in [0.2, 0.25) is 0 Å². The Morgan fingerprint density at radius 1 is 1.03 bits per heavy atom. The van der Waals surface area contributed by atoms with Gasteiger partial charge in [-0.05, 0) is 17.7 Å². The van der Waals surface area contributed by atoms with Gasteiger partial charge in [0.05, 0.1) is 12.2 Å². The molecule has 3 heterocycles. The molecule has 0 aliphatic carbocycles. The lowest BCUT2D eigenvalue weighted by Gasteiger charge is -2.38. The number of rotatable bonds is 5. The molecule has 1 fully saturated rings. The summed E-state index contributed by atoms with van der Waals surface area (Å²) in [6.07, 6.45) is 1.61. The predicted molar refractivity (Wildman–Crippen MR) is 115 cm³/mol. The van der Waals surface area contributed by atoms with Crippen LogP contribution in [0.3, 0.4) is 0 Å². The van der Waals surface area contributed by atoms with Gasteiger partial charge >= 0.3 is 6.03 Å². The van der Waals surface area contributed by atoms with Crippen molar-refractivity contribution in [3.05, 3.63) is 66.0 Å². The van der Waals surface area contributed by atoms with Crippen LogP contribution in [0.25, 0.3) is 0 Å². The fourth-order valence-electron chi connectivity index (χ4n) is 3.54. The highest BCUT2D eigenvalue weighted by Crippen LogP contribution is 2.33. The maximum atomic E-state index is 12.5. The van der Waals surface area contributed by atoms with E-state index in [0.717, 1.165) is 5.56 Å². The second-order valence-electron chi connectivity index (χ2n) is 7.60. The molecule has 10 nitrogen and oxygen atoms in total. The van der Waals surface area contributed by atoms with Crippen molar-refractivity contribution in [1.82, 2.24) is 25.2 Å². The van der Waals surface area contributed by atoms with E-state index in [1.54, 1.807) is 34.0 Å². The molecule has 0 spiro atoms. The van der Waals surface area contributed by atoms with Crippen molar-refractivity contribution in [3.8, 4) is 11.5 Å². The molecule has 3 aromatic rings. The third-order valence-electron chi connectivity index (χ3n) is 5.36. The molecule has 2 aliphatic rings. The standard InChI is InChI=1S/C22H22N6O4/c29-21(23-11-15-4-2-1-3-5-15)18-14-28(26-25-18)17-12-27(13-17)22(30)24-16-6-7-19-20(10-16)32-9-8-31-19/h1-7,10,14,17H,8-9,11-13H2,(H,23,29)(H,24,30). The first kappa shape index (κ1) is 19.9. The summed E-state index contributed by atoms with van der Waals surface area (Å²) in [5, 5.41) is 13.7. The average Bonchev–Trinajstić information content (AvgIpc) is 3.27. The number of hydrogen-bond acceptors (Lipinski definition) is 6. The van der Waals surface area contributed by atoms with Crippen molar-refractivity contribution in [1.29, 1.82) is 0 Å². The molecule has 0 saturated carbocycles. The summed E-state index contributed by atoms with van der Waals surface area (Å²) in [6.45, 7) is 2.38. The number of hydrogen-bond donors (Lipinski definition) is 2. The lowest BCUT2D eigenvalue weighted by atomic mass is 10.1. The molecule has 10 heteroatoms. The van der Waals surface area contributed by atoms with Crippen LogP contribution in [0.1, 0.15) is 22.1 Å². The number of amides is 3. The zero-order chi connectivity index (χ0) is 21.9. The van der Waals surface area contributed by atoms with Crippen LogP contribution < -0.4 is 20.1 Å². The molecule has 1 aromatic heterocycles. The van der Waals surface area contributed by atoms with Gasteiger partial charge in [0.25, 0.3) is 5.91 Å². The maximum absolute atomic E-state index is 12.5. The molecule has 32 heavy (non-hydrogen) atoms. The molecule has 164 valence electrons. The Bertz CT molecular complexity index is 1130. The van der Waals surface area contributed by atoms with E-state index in [2.05, 4.69) is 20.9 Å². The lowest BCUT2D eigenvalue weighted by molar-refractivity contribution is 0.0945. The minimum absolute atomic E-state index is 0.0239. The number of nitrogens with one attached hydrogen (secondary N) is 2. The molecule has 2 aliphatic heterocycles. The van der Waals surface area contributed by atoms with Gasteiger partial charge in [-0.15, -0.1) is 5.10 Å². The lowest BCUT2D eigenvalue weighted by Crippen LogP contribution is -2.52. The summed E-state index contributed by atoms with van der Waals surface area (Å²) >= 11 is 0. The molecule has 0 unspecified atom stereocenters. The van der Waals surface area contributed by atoms with Crippen LogP contribution in [0.4, 0.5) is 10.5 Å². The molecule has 0 bridgehead atoms. The number of fused-ring (bicyclic) bond motifs is 1. The van der Waals surface area contributed by atoms with E-state index in [1.165, 1.54) is 0 Å². The second-order valence-corrected chi connectivity index (χ2v) is 7.60. The Morgan fingerprint density at radius 3 is 2.62 bits per heavy atom. The van der Waals surface area contributed by atoms with Gasteiger partial charge in [0.1, 0.15) is 13.2 Å². The quantitative estimate of drug-likeness (QED) is 0.636. The Labute approximate surface area is 184 Å². The maximum Gasteiger partial charge on any atom is 0.321 e. The number of anilines is 1. The topological polar surface area (TPSA) is 111 Å². The van der Waals surface area contributed by atoms with Crippen LogP contribution in [0.5, 0.6) is 11.5 Å². The van der Waals surface area contributed by atoms with Crippen molar-refractivity contribution in [3.63, 3.8) is 0 Å². The molecule has 1 saturated heterocycles. The minimum Gasteiger partial charge on any atom is -0.486 e. The number of ether oxygens (including phenoxy) is 2. The van der Waals surface area contributed by atoms with Crippen LogP contribution in [-0.2, 0) is 6.54 Å². The first-order valence-electron chi connectivity index (χ1n) is 10.4. The predicted octanol–water partition coefficient (Wildman–Crippen LogP) is 2.07. The summed E-state index contributed by atoms with van der Waals surface area (Å²) < 4.78 is 12.7. The third-order valence-corrected chi connectivity index (χ3v) is 5.36. The Kier molecular flexibility index (Phi) is 5.32. The van der Waals surface area contributed by atoms with Gasteiger partial charge < -0.3 is 25.0 Å². The first-order chi connectivity index (χ1) is 15.7. The van der Waals surface area contributed by atoms with Gasteiger partial charge in [0.2, 0.25) is 0 Å². The first-order valence-corrected chi connectivity index (χ1v) is 10.4. The van der Waals surface area contributed by atoms with Gasteiger partial charge in [-0.25, -0.2) is 9.48 Å². The van der Waals surface area contributed by atoms with Crippen LogP contribution in [0, 0.1) is 0 Å².